The van der Waals surface area contributed by atoms with Crippen molar-refractivity contribution in [3.05, 3.63) is 104 Å². The summed E-state index contributed by atoms with van der Waals surface area (Å²) < 4.78 is 14.3. The summed E-state index contributed by atoms with van der Waals surface area (Å²) in [5.41, 5.74) is 1.85. The van der Waals surface area contributed by atoms with Crippen molar-refractivity contribution in [1.82, 2.24) is 10.2 Å². The van der Waals surface area contributed by atoms with Crippen molar-refractivity contribution < 1.29 is 14.0 Å². The predicted octanol–water partition coefficient (Wildman–Crippen LogP) is 8.11. The molecule has 3 aromatic carbocycles. The first-order valence-electron chi connectivity index (χ1n) is 13.4. The van der Waals surface area contributed by atoms with Crippen LogP contribution in [-0.4, -0.2) is 34.6 Å². The number of benzene rings is 3. The van der Waals surface area contributed by atoms with Crippen molar-refractivity contribution in [3.63, 3.8) is 0 Å². The Morgan fingerprint density at radius 1 is 0.875 bits per heavy atom. The second-order valence-electron chi connectivity index (χ2n) is 9.96. The molecule has 1 fully saturated rings. The SMILES string of the molecule is O=C(NC1CCCCC1)C(Cc1ccccc1)N(Cc1c(Cl)cccc1Cl)C(=O)CSCc1c(F)cccc1Cl. The number of amides is 2. The molecule has 40 heavy (non-hydrogen) atoms. The zero-order valence-electron chi connectivity index (χ0n) is 22.1. The van der Waals surface area contributed by atoms with Crippen LogP contribution in [0.5, 0.6) is 0 Å². The summed E-state index contributed by atoms with van der Waals surface area (Å²) >= 11 is 20.5. The van der Waals surface area contributed by atoms with Crippen LogP contribution in [0.25, 0.3) is 0 Å². The van der Waals surface area contributed by atoms with Gasteiger partial charge in [-0.25, -0.2) is 4.39 Å². The normalized spacial score (nSPS) is 14.5. The lowest BCUT2D eigenvalue weighted by atomic mass is 9.94. The van der Waals surface area contributed by atoms with Crippen molar-refractivity contribution in [3.8, 4) is 0 Å². The molecule has 0 radical (unpaired) electrons. The largest absolute Gasteiger partial charge is 0.352 e. The highest BCUT2D eigenvalue weighted by Crippen LogP contribution is 2.29. The Morgan fingerprint density at radius 2 is 1.50 bits per heavy atom. The van der Waals surface area contributed by atoms with Gasteiger partial charge in [0.25, 0.3) is 0 Å². The van der Waals surface area contributed by atoms with E-state index in [9.17, 15) is 14.0 Å². The molecule has 0 aliphatic heterocycles. The highest BCUT2D eigenvalue weighted by atomic mass is 35.5. The zero-order chi connectivity index (χ0) is 28.5. The Labute approximate surface area is 254 Å². The van der Waals surface area contributed by atoms with Crippen molar-refractivity contribution in [2.75, 3.05) is 5.75 Å². The minimum absolute atomic E-state index is 0.0226. The molecule has 1 saturated carbocycles. The number of thioether (sulfide) groups is 1. The standard InChI is InChI=1S/C31H32Cl3FN2O2S/c32-25-13-7-14-26(33)23(25)18-37(30(38)20-40-19-24-27(34)15-8-16-28(24)35)29(17-21-9-3-1-4-10-21)31(39)36-22-11-5-2-6-12-22/h1,3-4,7-10,13-16,22,29H,2,5-6,11-12,17-20H2,(H,36,39). The van der Waals surface area contributed by atoms with Gasteiger partial charge in [-0.05, 0) is 42.7 Å². The highest BCUT2D eigenvalue weighted by Gasteiger charge is 2.32. The fourth-order valence-corrected chi connectivity index (χ4v) is 6.71. The number of halogens is 4. The summed E-state index contributed by atoms with van der Waals surface area (Å²) in [5.74, 6) is -0.645. The number of hydrogen-bond donors (Lipinski definition) is 1. The Balaban J connectivity index is 1.62. The van der Waals surface area contributed by atoms with Crippen LogP contribution in [0.2, 0.25) is 15.1 Å². The van der Waals surface area contributed by atoms with Gasteiger partial charge < -0.3 is 10.2 Å². The van der Waals surface area contributed by atoms with Crippen molar-refractivity contribution >= 4 is 58.4 Å². The van der Waals surface area contributed by atoms with E-state index >= 15 is 0 Å². The first kappa shape index (κ1) is 30.7. The van der Waals surface area contributed by atoms with E-state index in [4.69, 9.17) is 34.8 Å². The second-order valence-corrected chi connectivity index (χ2v) is 12.2. The molecule has 4 rings (SSSR count). The van der Waals surface area contributed by atoms with Gasteiger partial charge in [0.1, 0.15) is 11.9 Å². The Morgan fingerprint density at radius 3 is 2.15 bits per heavy atom. The van der Waals surface area contributed by atoms with E-state index in [2.05, 4.69) is 5.32 Å². The maximum absolute atomic E-state index is 14.3. The molecule has 1 aliphatic rings. The van der Waals surface area contributed by atoms with Gasteiger partial charge in [0.15, 0.2) is 0 Å². The topological polar surface area (TPSA) is 49.4 Å². The van der Waals surface area contributed by atoms with Crippen LogP contribution in [0, 0.1) is 5.82 Å². The highest BCUT2D eigenvalue weighted by molar-refractivity contribution is 7.99. The Kier molecular flexibility index (Phi) is 11.6. The third kappa shape index (κ3) is 8.39. The molecule has 9 heteroatoms. The molecule has 0 aromatic heterocycles. The van der Waals surface area contributed by atoms with Gasteiger partial charge in [-0.3, -0.25) is 9.59 Å². The molecule has 0 bridgehead atoms. The lowest BCUT2D eigenvalue weighted by molar-refractivity contribution is -0.139. The maximum Gasteiger partial charge on any atom is 0.243 e. The molecule has 1 unspecified atom stereocenters. The van der Waals surface area contributed by atoms with E-state index in [1.807, 2.05) is 30.3 Å². The zero-order valence-corrected chi connectivity index (χ0v) is 25.1. The monoisotopic (exact) mass is 620 g/mol. The average molecular weight is 622 g/mol. The first-order valence-corrected chi connectivity index (χ1v) is 15.7. The summed E-state index contributed by atoms with van der Waals surface area (Å²) in [6, 6.07) is 18.6. The molecule has 1 aliphatic carbocycles. The van der Waals surface area contributed by atoms with Crippen LogP contribution in [0.1, 0.15) is 48.8 Å². The van der Waals surface area contributed by atoms with Gasteiger partial charge in [0.2, 0.25) is 11.8 Å². The van der Waals surface area contributed by atoms with Crippen LogP contribution < -0.4 is 5.32 Å². The Bertz CT molecular complexity index is 1260. The van der Waals surface area contributed by atoms with E-state index in [0.717, 1.165) is 31.2 Å². The smallest absolute Gasteiger partial charge is 0.243 e. The van der Waals surface area contributed by atoms with Crippen LogP contribution in [0.4, 0.5) is 4.39 Å². The van der Waals surface area contributed by atoms with Gasteiger partial charge in [0.05, 0.1) is 5.75 Å². The van der Waals surface area contributed by atoms with Crippen LogP contribution in [0.15, 0.2) is 66.7 Å². The lowest BCUT2D eigenvalue weighted by Crippen LogP contribution is -2.53. The summed E-state index contributed by atoms with van der Waals surface area (Å²) in [6.07, 6.45) is 5.49. The molecule has 0 heterocycles. The molecule has 0 saturated heterocycles. The lowest BCUT2D eigenvalue weighted by Gasteiger charge is -2.34. The van der Waals surface area contributed by atoms with Gasteiger partial charge >= 0.3 is 0 Å². The van der Waals surface area contributed by atoms with E-state index < -0.39 is 11.9 Å². The van der Waals surface area contributed by atoms with Crippen molar-refractivity contribution in [1.29, 1.82) is 0 Å². The number of hydrogen-bond acceptors (Lipinski definition) is 3. The molecule has 3 aromatic rings. The minimum atomic E-state index is -0.790. The van der Waals surface area contributed by atoms with Crippen LogP contribution in [-0.2, 0) is 28.3 Å². The van der Waals surface area contributed by atoms with Gasteiger partial charge in [0, 0.05) is 51.0 Å². The molecule has 0 spiro atoms. The number of nitrogens with one attached hydrogen (secondary N) is 1. The average Bonchev–Trinajstić information content (AvgIpc) is 2.94. The maximum atomic E-state index is 14.3. The summed E-state index contributed by atoms with van der Waals surface area (Å²) in [7, 11) is 0. The number of carbonyl (C=O) groups is 2. The van der Waals surface area contributed by atoms with Gasteiger partial charge in [-0.2, -0.15) is 0 Å². The number of rotatable bonds is 11. The van der Waals surface area contributed by atoms with E-state index in [1.54, 1.807) is 35.2 Å². The fraction of sp³-hybridized carbons (Fsp3) is 0.355. The summed E-state index contributed by atoms with van der Waals surface area (Å²) in [6.45, 7) is 0.0634. The molecular formula is C31H32Cl3FN2O2S. The fourth-order valence-electron chi connectivity index (χ4n) is 4.95. The predicted molar refractivity (Wildman–Crippen MR) is 164 cm³/mol. The summed E-state index contributed by atoms with van der Waals surface area (Å²) in [5, 5.41) is 4.36. The van der Waals surface area contributed by atoms with Crippen molar-refractivity contribution in [2.45, 2.75) is 62.9 Å². The molecular weight excluding hydrogens is 590 g/mol. The molecule has 1 atom stereocenters. The summed E-state index contributed by atoms with van der Waals surface area (Å²) in [4.78, 5) is 29.3. The third-order valence-electron chi connectivity index (χ3n) is 7.15. The third-order valence-corrected chi connectivity index (χ3v) is 9.15. The molecule has 212 valence electrons. The van der Waals surface area contributed by atoms with Crippen LogP contribution in [0.3, 0.4) is 0 Å². The van der Waals surface area contributed by atoms with E-state index in [1.165, 1.54) is 24.2 Å². The Hall–Kier alpha value is -2.25. The number of nitrogens with zero attached hydrogens (tertiary/aromatic N) is 1. The van der Waals surface area contributed by atoms with Gasteiger partial charge in [-0.1, -0.05) is 96.5 Å². The number of carbonyl (C=O) groups excluding carboxylic acids is 2. The van der Waals surface area contributed by atoms with Gasteiger partial charge in [-0.15, -0.1) is 11.8 Å². The molecule has 1 N–H and O–H groups in total. The minimum Gasteiger partial charge on any atom is -0.352 e. The quantitative estimate of drug-likeness (QED) is 0.235. The second kappa shape index (κ2) is 15.1. The first-order chi connectivity index (χ1) is 19.3. The molecule has 2 amide bonds. The van der Waals surface area contributed by atoms with Crippen LogP contribution >= 0.6 is 46.6 Å². The van der Waals surface area contributed by atoms with E-state index in [0.29, 0.717) is 32.6 Å². The van der Waals surface area contributed by atoms with E-state index in [-0.39, 0.29) is 35.9 Å². The molecule has 4 nitrogen and oxygen atoms in total. The van der Waals surface area contributed by atoms with Crippen molar-refractivity contribution in [2.24, 2.45) is 0 Å².